The Hall–Kier alpha value is -3.35. The second kappa shape index (κ2) is 7.97. The van der Waals surface area contributed by atoms with Crippen LogP contribution < -0.4 is 9.47 Å². The number of esters is 1. The number of halogens is 2. The summed E-state index contributed by atoms with van der Waals surface area (Å²) in [6.07, 6.45) is 1.65. The number of Topliss-reactive ketones (excluding diaryl/α,β-unsaturated/α-hetero) is 1. The molecule has 0 saturated carbocycles. The molecule has 1 aliphatic rings. The average Bonchev–Trinajstić information content (AvgIpc) is 3.33. The van der Waals surface area contributed by atoms with Crippen LogP contribution in [0.3, 0.4) is 0 Å². The Kier molecular flexibility index (Phi) is 5.12. The molecular weight excluding hydrogens is 496 g/mol. The number of furan rings is 1. The molecule has 4 aromatic rings. The molecule has 5 nitrogen and oxygen atoms in total. The van der Waals surface area contributed by atoms with Crippen molar-refractivity contribution < 1.29 is 23.5 Å². The molecule has 158 valence electrons. The lowest BCUT2D eigenvalue weighted by Gasteiger charge is -2.09. The summed E-state index contributed by atoms with van der Waals surface area (Å²) in [6.45, 7) is 1.73. The number of allylic oxidation sites excluding steroid dienone is 1. The number of carbonyl (C=O) groups is 2. The molecule has 3 aromatic carbocycles. The highest BCUT2D eigenvalue weighted by Crippen LogP contribution is 2.39. The first-order valence-electron chi connectivity index (χ1n) is 9.64. The second-order valence-corrected chi connectivity index (χ2v) is 8.59. The van der Waals surface area contributed by atoms with Gasteiger partial charge in [-0.1, -0.05) is 39.7 Å². The summed E-state index contributed by atoms with van der Waals surface area (Å²) in [5, 5.41) is 1.39. The number of hydrogen-bond donors (Lipinski definition) is 0. The smallest absolute Gasteiger partial charge is 0.379 e. The highest BCUT2D eigenvalue weighted by atomic mass is 79.9. The first-order chi connectivity index (χ1) is 15.4. The van der Waals surface area contributed by atoms with Crippen LogP contribution in [0.4, 0.5) is 0 Å². The molecule has 0 spiro atoms. The number of hydrogen-bond acceptors (Lipinski definition) is 5. The lowest BCUT2D eigenvalue weighted by molar-refractivity contribution is 0.0702. The summed E-state index contributed by atoms with van der Waals surface area (Å²) < 4.78 is 17.9. The van der Waals surface area contributed by atoms with Gasteiger partial charge in [-0.15, -0.1) is 0 Å². The van der Waals surface area contributed by atoms with Crippen LogP contribution in [-0.4, -0.2) is 11.8 Å². The molecule has 5 rings (SSSR count). The van der Waals surface area contributed by atoms with Gasteiger partial charge in [-0.3, -0.25) is 4.79 Å². The van der Waals surface area contributed by atoms with Crippen molar-refractivity contribution in [1.82, 2.24) is 0 Å². The fourth-order valence-electron chi connectivity index (χ4n) is 3.45. The van der Waals surface area contributed by atoms with Crippen molar-refractivity contribution in [2.75, 3.05) is 0 Å². The van der Waals surface area contributed by atoms with E-state index in [0.717, 1.165) is 15.4 Å². The lowest BCUT2D eigenvalue weighted by atomic mass is 10.1. The summed E-state index contributed by atoms with van der Waals surface area (Å²) in [5.41, 5.74) is 2.32. The van der Waals surface area contributed by atoms with E-state index in [2.05, 4.69) is 15.9 Å². The maximum Gasteiger partial charge on any atom is 0.379 e. The summed E-state index contributed by atoms with van der Waals surface area (Å²) in [4.78, 5) is 25.4. The zero-order valence-electron chi connectivity index (χ0n) is 16.6. The van der Waals surface area contributed by atoms with Crippen molar-refractivity contribution >= 4 is 56.3 Å². The second-order valence-electron chi connectivity index (χ2n) is 7.24. The topological polar surface area (TPSA) is 65.7 Å². The summed E-state index contributed by atoms with van der Waals surface area (Å²) >= 11 is 9.31. The minimum atomic E-state index is -0.637. The molecule has 1 aromatic heterocycles. The van der Waals surface area contributed by atoms with E-state index >= 15 is 0 Å². The van der Waals surface area contributed by atoms with Crippen LogP contribution in [0.15, 0.2) is 75.3 Å². The van der Waals surface area contributed by atoms with Gasteiger partial charge in [0.1, 0.15) is 17.1 Å². The highest BCUT2D eigenvalue weighted by Gasteiger charge is 2.31. The van der Waals surface area contributed by atoms with Crippen LogP contribution in [0, 0.1) is 6.92 Å². The monoisotopic (exact) mass is 508 g/mol. The summed E-state index contributed by atoms with van der Waals surface area (Å²) in [5.74, 6) is 0.0560. The molecule has 2 heterocycles. The van der Waals surface area contributed by atoms with Crippen LogP contribution in [0.1, 0.15) is 32.0 Å². The molecule has 0 unspecified atom stereocenters. The molecule has 0 fully saturated rings. The van der Waals surface area contributed by atoms with Gasteiger partial charge < -0.3 is 13.9 Å². The fraction of sp³-hybridized carbons (Fsp3) is 0.0400. The Bertz CT molecular complexity index is 1430. The number of rotatable bonds is 3. The van der Waals surface area contributed by atoms with Crippen LogP contribution in [0.2, 0.25) is 5.02 Å². The van der Waals surface area contributed by atoms with E-state index in [1.54, 1.807) is 61.5 Å². The molecule has 0 amide bonds. The molecule has 1 aliphatic heterocycles. The van der Waals surface area contributed by atoms with E-state index in [4.69, 9.17) is 25.5 Å². The number of fused-ring (bicyclic) bond motifs is 2. The molecule has 0 bridgehead atoms. The Balaban J connectivity index is 1.41. The Morgan fingerprint density at radius 3 is 2.62 bits per heavy atom. The van der Waals surface area contributed by atoms with E-state index in [9.17, 15) is 9.59 Å². The van der Waals surface area contributed by atoms with Gasteiger partial charge in [-0.05, 0) is 67.1 Å². The van der Waals surface area contributed by atoms with Crippen LogP contribution in [-0.2, 0) is 0 Å². The Labute approximate surface area is 196 Å². The lowest BCUT2D eigenvalue weighted by Crippen LogP contribution is -2.08. The first-order valence-corrected chi connectivity index (χ1v) is 10.8. The van der Waals surface area contributed by atoms with Gasteiger partial charge in [0, 0.05) is 20.4 Å². The third-order valence-electron chi connectivity index (χ3n) is 5.09. The zero-order chi connectivity index (χ0) is 22.4. The standard InChI is InChI=1S/C25H14BrClO5/c1-13-19(32-25(29)22-12-15-11-16(26)4-8-20(15)30-22)9-7-18-23(28)21(31-24(13)18)10-14-2-5-17(27)6-3-14/h2-12H,1H3/b21-10-. The quantitative estimate of drug-likeness (QED) is 0.169. The molecular formula is C25H14BrClO5. The third kappa shape index (κ3) is 3.72. The largest absolute Gasteiger partial charge is 0.452 e. The van der Waals surface area contributed by atoms with E-state index < -0.39 is 5.97 Å². The van der Waals surface area contributed by atoms with Crippen LogP contribution in [0.25, 0.3) is 17.0 Å². The predicted octanol–water partition coefficient (Wildman–Crippen LogP) is 6.99. The molecule has 0 atom stereocenters. The minimum absolute atomic E-state index is 0.0818. The van der Waals surface area contributed by atoms with Crippen molar-refractivity contribution in [2.24, 2.45) is 0 Å². The van der Waals surface area contributed by atoms with Gasteiger partial charge in [0.2, 0.25) is 11.5 Å². The van der Waals surface area contributed by atoms with Gasteiger partial charge in [-0.25, -0.2) is 4.79 Å². The van der Waals surface area contributed by atoms with Crippen LogP contribution >= 0.6 is 27.5 Å². The maximum atomic E-state index is 12.8. The Morgan fingerprint density at radius 1 is 1.06 bits per heavy atom. The molecule has 0 N–H and O–H groups in total. The first kappa shape index (κ1) is 20.5. The van der Waals surface area contributed by atoms with Gasteiger partial charge in [-0.2, -0.15) is 0 Å². The third-order valence-corrected chi connectivity index (χ3v) is 5.83. The van der Waals surface area contributed by atoms with E-state index in [0.29, 0.717) is 27.5 Å². The van der Waals surface area contributed by atoms with Gasteiger partial charge >= 0.3 is 5.97 Å². The molecule has 32 heavy (non-hydrogen) atoms. The molecule has 0 aliphatic carbocycles. The van der Waals surface area contributed by atoms with E-state index in [-0.39, 0.29) is 23.1 Å². The molecule has 7 heteroatoms. The van der Waals surface area contributed by atoms with Crippen molar-refractivity contribution in [2.45, 2.75) is 6.92 Å². The Morgan fingerprint density at radius 2 is 1.84 bits per heavy atom. The van der Waals surface area contributed by atoms with Crippen molar-refractivity contribution in [1.29, 1.82) is 0 Å². The summed E-state index contributed by atoms with van der Waals surface area (Å²) in [7, 11) is 0. The SMILES string of the molecule is Cc1c(OC(=O)c2cc3cc(Br)ccc3o2)ccc2c1O/C(=C\c1ccc(Cl)cc1)C2=O. The predicted molar refractivity (Wildman–Crippen MR) is 124 cm³/mol. The maximum absolute atomic E-state index is 12.8. The van der Waals surface area contributed by atoms with Gasteiger partial charge in [0.15, 0.2) is 5.76 Å². The number of ketones is 1. The fourth-order valence-corrected chi connectivity index (χ4v) is 3.96. The van der Waals surface area contributed by atoms with Crippen molar-refractivity contribution in [3.05, 3.63) is 98.4 Å². The van der Waals surface area contributed by atoms with Gasteiger partial charge in [0.05, 0.1) is 5.56 Å². The average molecular weight is 510 g/mol. The molecule has 0 saturated heterocycles. The van der Waals surface area contributed by atoms with E-state index in [1.807, 2.05) is 12.1 Å². The normalized spacial score (nSPS) is 14.0. The zero-order valence-corrected chi connectivity index (χ0v) is 19.0. The van der Waals surface area contributed by atoms with Gasteiger partial charge in [0.25, 0.3) is 0 Å². The van der Waals surface area contributed by atoms with Crippen LogP contribution in [0.5, 0.6) is 11.5 Å². The number of ether oxygens (including phenoxy) is 2. The molecule has 0 radical (unpaired) electrons. The van der Waals surface area contributed by atoms with Crippen molar-refractivity contribution in [3.63, 3.8) is 0 Å². The number of benzene rings is 3. The minimum Gasteiger partial charge on any atom is -0.452 e. The number of carbonyl (C=O) groups excluding carboxylic acids is 2. The van der Waals surface area contributed by atoms with E-state index in [1.165, 1.54) is 0 Å². The highest BCUT2D eigenvalue weighted by molar-refractivity contribution is 9.10. The van der Waals surface area contributed by atoms with Crippen molar-refractivity contribution in [3.8, 4) is 11.5 Å². The summed E-state index contributed by atoms with van der Waals surface area (Å²) in [6, 6.07) is 17.3.